The molecule has 0 saturated carbocycles. The van der Waals surface area contributed by atoms with Gasteiger partial charge < -0.3 is 34.6 Å². The molecule has 1 unspecified atom stereocenters. The third-order valence-corrected chi connectivity index (χ3v) is 16.1. The van der Waals surface area contributed by atoms with Crippen LogP contribution in [0.5, 0.6) is 5.75 Å². The fraction of sp³-hybridized carbons (Fsp3) is 0.480. The van der Waals surface area contributed by atoms with Gasteiger partial charge in [-0.3, -0.25) is 19.8 Å². The summed E-state index contributed by atoms with van der Waals surface area (Å²) in [6.07, 6.45) is 7.30. The average molecular weight is 1030 g/mol. The third-order valence-electron chi connectivity index (χ3n) is 14.0. The number of halogens is 3. The summed E-state index contributed by atoms with van der Waals surface area (Å²) in [6, 6.07) is 11.3. The van der Waals surface area contributed by atoms with E-state index in [0.717, 1.165) is 106 Å². The summed E-state index contributed by atoms with van der Waals surface area (Å²) in [6.45, 7) is 18.5. The highest BCUT2D eigenvalue weighted by atomic mass is 79.9. The summed E-state index contributed by atoms with van der Waals surface area (Å²) in [5, 5.41) is 10.5. The summed E-state index contributed by atoms with van der Waals surface area (Å²) in [5.74, 6) is -0.776. The van der Waals surface area contributed by atoms with Crippen LogP contribution in [0.4, 0.5) is 43.3 Å². The van der Waals surface area contributed by atoms with Gasteiger partial charge >= 0.3 is 0 Å². The quantitative estimate of drug-likeness (QED) is 0.0685. The minimum atomic E-state index is -2.79. The highest BCUT2D eigenvalue weighted by molar-refractivity contribution is 9.10. The number of aryl methyl sites for hydroxylation is 2. The molecule has 4 saturated heterocycles. The predicted octanol–water partition coefficient (Wildman–Crippen LogP) is 7.96. The second-order valence-corrected chi connectivity index (χ2v) is 22.9. The molecule has 0 radical (unpaired) electrons. The molecule has 9 rings (SSSR count). The number of piperazine rings is 1. The molecular weight excluding hydrogens is 967 g/mol. The molecule has 3 aromatic carbocycles. The number of hydrogen-bond donors (Lipinski definition) is 3. The van der Waals surface area contributed by atoms with Crippen molar-refractivity contribution in [1.29, 1.82) is 0 Å². The second kappa shape index (κ2) is 20.6. The minimum Gasteiger partial charge on any atom is -0.492 e. The Labute approximate surface area is 410 Å². The number of carbonyl (C=O) groups excluding carboxylic acids is 2. The van der Waals surface area contributed by atoms with Crippen LogP contribution >= 0.6 is 23.1 Å². The van der Waals surface area contributed by atoms with Crippen molar-refractivity contribution in [1.82, 2.24) is 35.1 Å². The largest absolute Gasteiger partial charge is 0.492 e. The van der Waals surface area contributed by atoms with Gasteiger partial charge in [0.2, 0.25) is 17.8 Å². The molecule has 366 valence electrons. The van der Waals surface area contributed by atoms with Crippen LogP contribution in [0.1, 0.15) is 69.3 Å². The second-order valence-electron chi connectivity index (χ2n) is 18.9. The molecule has 3 N–H and O–H groups in total. The van der Waals surface area contributed by atoms with Gasteiger partial charge in [0, 0.05) is 130 Å². The summed E-state index contributed by atoms with van der Waals surface area (Å²) in [5.41, 5.74) is 4.81. The number of fused-ring (bicyclic) bond motifs is 1. The Kier molecular flexibility index (Phi) is 14.5. The Balaban J connectivity index is 0.790. The van der Waals surface area contributed by atoms with Crippen molar-refractivity contribution in [3.05, 3.63) is 81.9 Å². The first-order valence-corrected chi connectivity index (χ1v) is 27.6. The first kappa shape index (κ1) is 48.7. The van der Waals surface area contributed by atoms with E-state index in [2.05, 4.69) is 80.6 Å². The molecule has 2 aromatic heterocycles. The van der Waals surface area contributed by atoms with Crippen LogP contribution in [0.3, 0.4) is 0 Å². The zero-order valence-electron chi connectivity index (χ0n) is 40.0. The van der Waals surface area contributed by atoms with E-state index in [0.29, 0.717) is 57.9 Å². The van der Waals surface area contributed by atoms with Crippen LogP contribution in [0.25, 0.3) is 10.9 Å². The fourth-order valence-corrected chi connectivity index (χ4v) is 12.2. The highest BCUT2D eigenvalue weighted by Crippen LogP contribution is 2.43. The lowest BCUT2D eigenvalue weighted by atomic mass is 9.89. The SMILES string of the molecule is CCOc1cc(N2CCC(N3CCN(CC4CN(c5cc(F)c(C6CCC(=O)NC6=O)c(F)c5)C4)CC3)CC2)c(CC)cc1Nc1ncc(Br)c(Nc2ccc3nc(CC)ncc3c2P(C)(C)=O)n1. The molecule has 19 heteroatoms. The van der Waals surface area contributed by atoms with Gasteiger partial charge in [-0.25, -0.2) is 23.7 Å². The molecule has 6 heterocycles. The van der Waals surface area contributed by atoms with Gasteiger partial charge in [0.15, 0.2) is 0 Å². The molecule has 15 nitrogen and oxygen atoms in total. The number of nitrogens with one attached hydrogen (secondary N) is 3. The zero-order chi connectivity index (χ0) is 48.6. The maximum Gasteiger partial charge on any atom is 0.234 e. The predicted molar refractivity (Wildman–Crippen MR) is 272 cm³/mol. The number of ether oxygens (including phenoxy) is 1. The van der Waals surface area contributed by atoms with Crippen molar-refractivity contribution in [3.63, 3.8) is 0 Å². The van der Waals surface area contributed by atoms with Crippen LogP contribution in [-0.4, -0.2) is 126 Å². The number of aromatic nitrogens is 4. The molecule has 69 heavy (non-hydrogen) atoms. The van der Waals surface area contributed by atoms with Crippen molar-refractivity contribution in [2.24, 2.45) is 5.92 Å². The van der Waals surface area contributed by atoms with Crippen LogP contribution in [0.15, 0.2) is 53.3 Å². The first-order valence-electron chi connectivity index (χ1n) is 24.2. The summed E-state index contributed by atoms with van der Waals surface area (Å²) < 4.78 is 51.0. The highest BCUT2D eigenvalue weighted by Gasteiger charge is 2.36. The molecule has 5 aromatic rings. The molecule has 4 aliphatic rings. The van der Waals surface area contributed by atoms with Gasteiger partial charge in [0.25, 0.3) is 0 Å². The monoisotopic (exact) mass is 1030 g/mol. The number of nitrogens with zero attached hydrogens (tertiary/aromatic N) is 8. The summed E-state index contributed by atoms with van der Waals surface area (Å²) >= 11 is 3.63. The van der Waals surface area contributed by atoms with Crippen molar-refractivity contribution < 1.29 is 27.7 Å². The van der Waals surface area contributed by atoms with Crippen LogP contribution in [-0.2, 0) is 27.0 Å². The number of rotatable bonds is 15. The lowest BCUT2D eigenvalue weighted by Crippen LogP contribution is -2.57. The van der Waals surface area contributed by atoms with Gasteiger partial charge in [-0.05, 0) is 97.8 Å². The van der Waals surface area contributed by atoms with E-state index >= 15 is 8.78 Å². The molecule has 4 aliphatic heterocycles. The molecule has 1 atom stereocenters. The van der Waals surface area contributed by atoms with E-state index in [-0.39, 0.29) is 18.4 Å². The van der Waals surface area contributed by atoms with Gasteiger partial charge in [0.1, 0.15) is 36.2 Å². The smallest absolute Gasteiger partial charge is 0.234 e. The van der Waals surface area contributed by atoms with E-state index in [4.69, 9.17) is 9.72 Å². The Bertz CT molecular complexity index is 2770. The van der Waals surface area contributed by atoms with Gasteiger partial charge in [-0.1, -0.05) is 13.8 Å². The van der Waals surface area contributed by atoms with Crippen molar-refractivity contribution in [2.75, 3.05) is 99.3 Å². The Morgan fingerprint density at radius 3 is 2.26 bits per heavy atom. The molecule has 0 bridgehead atoms. The number of benzene rings is 3. The number of imide groups is 1. The fourth-order valence-electron chi connectivity index (χ4n) is 10.4. The molecule has 2 amide bonds. The number of amides is 2. The van der Waals surface area contributed by atoms with E-state index in [1.807, 2.05) is 30.9 Å². The van der Waals surface area contributed by atoms with Crippen LogP contribution in [0, 0.1) is 17.6 Å². The standard InChI is InChI=1S/C50H61BrF2N11O4P/c1-6-31-21-41(58-50-55-26-36(51)48(60-50)57-40-11-10-39-35(47(40)69(4,5)67)25-54-44(7-2)56-39)43(68-8-3)24-42(31)63-15-13-32(14-16-63)62-19-17-61(18-20-62)27-30-28-64(29-30)33-22-37(52)46(38(53)23-33)34-9-12-45(65)59-49(34)66/h10-11,21-26,30,32,34H,6-9,12-20,27-29H2,1-5H3,(H,59,65,66)(H2,55,57,58,60). The number of carbonyl (C=O) groups is 2. The zero-order valence-corrected chi connectivity index (χ0v) is 42.4. The minimum absolute atomic E-state index is 0.0649. The van der Waals surface area contributed by atoms with Gasteiger partial charge in [0.05, 0.1) is 33.9 Å². The van der Waals surface area contributed by atoms with Crippen LogP contribution < -0.4 is 35.8 Å². The lowest BCUT2D eigenvalue weighted by Gasteiger charge is -2.47. The van der Waals surface area contributed by atoms with E-state index in [1.165, 1.54) is 23.4 Å². The third kappa shape index (κ3) is 10.6. The lowest BCUT2D eigenvalue weighted by molar-refractivity contribution is -0.134. The molecule has 0 aliphatic carbocycles. The Morgan fingerprint density at radius 2 is 1.59 bits per heavy atom. The topological polar surface area (TPSA) is 161 Å². The van der Waals surface area contributed by atoms with Crippen molar-refractivity contribution in [3.8, 4) is 5.75 Å². The van der Waals surface area contributed by atoms with Crippen molar-refractivity contribution in [2.45, 2.75) is 71.3 Å². The molecule has 0 spiro atoms. The van der Waals surface area contributed by atoms with E-state index < -0.39 is 36.5 Å². The molecular formula is C50H61BrF2N11O4P. The van der Waals surface area contributed by atoms with Crippen molar-refractivity contribution >= 4 is 85.6 Å². The number of hydrogen-bond acceptors (Lipinski definition) is 14. The van der Waals surface area contributed by atoms with E-state index in [1.54, 1.807) is 25.7 Å². The summed E-state index contributed by atoms with van der Waals surface area (Å²) in [7, 11) is -2.79. The Morgan fingerprint density at radius 1 is 0.855 bits per heavy atom. The maximum atomic E-state index is 15.2. The Hall–Kier alpha value is -5.29. The average Bonchev–Trinajstić information content (AvgIpc) is 3.31. The van der Waals surface area contributed by atoms with E-state index in [9.17, 15) is 14.2 Å². The number of piperidine rings is 2. The first-order chi connectivity index (χ1) is 33.2. The normalized spacial score (nSPS) is 18.9. The molecule has 4 fully saturated rings. The van der Waals surface area contributed by atoms with Crippen LogP contribution in [0.2, 0.25) is 0 Å². The van der Waals surface area contributed by atoms with Gasteiger partial charge in [-0.15, -0.1) is 0 Å². The summed E-state index contributed by atoms with van der Waals surface area (Å²) in [4.78, 5) is 52.2. The van der Waals surface area contributed by atoms with Gasteiger partial charge in [-0.2, -0.15) is 4.98 Å². The number of anilines is 6. The maximum absolute atomic E-state index is 15.2.